The highest BCUT2D eigenvalue weighted by Gasteiger charge is 2.27. The van der Waals surface area contributed by atoms with E-state index in [1.54, 1.807) is 0 Å². The lowest BCUT2D eigenvalue weighted by molar-refractivity contribution is -0.130. The molecule has 1 aliphatic rings. The molecule has 1 aromatic carbocycles. The number of cyclic esters (lactones) is 1. The minimum atomic E-state index is -1.95. The molecule has 0 unspecified atom stereocenters. The van der Waals surface area contributed by atoms with Crippen LogP contribution in [0.5, 0.6) is 11.5 Å². The first-order chi connectivity index (χ1) is 12.2. The molecular weight excluding hydrogens is 347 g/mol. The first kappa shape index (κ1) is 19.6. The lowest BCUT2D eigenvalue weighted by Gasteiger charge is -2.17. The maximum absolute atomic E-state index is 13.8. The van der Waals surface area contributed by atoms with Crippen molar-refractivity contribution in [2.75, 3.05) is 0 Å². The van der Waals surface area contributed by atoms with Gasteiger partial charge in [0.2, 0.25) is 5.78 Å². The van der Waals surface area contributed by atoms with Crippen LogP contribution < -0.4 is 0 Å². The van der Waals surface area contributed by atoms with Crippen molar-refractivity contribution < 1.29 is 39.1 Å². The average molecular weight is 366 g/mol. The van der Waals surface area contributed by atoms with E-state index in [4.69, 9.17) is 4.74 Å². The molecule has 0 aliphatic carbocycles. The van der Waals surface area contributed by atoms with E-state index in [2.05, 4.69) is 0 Å². The van der Waals surface area contributed by atoms with Gasteiger partial charge in [-0.2, -0.15) is 0 Å². The van der Waals surface area contributed by atoms with Gasteiger partial charge in [-0.1, -0.05) is 12.2 Å². The molecule has 1 aliphatic heterocycles. The lowest BCUT2D eigenvalue weighted by Crippen LogP contribution is -2.34. The smallest absolute Gasteiger partial charge is 0.342 e. The number of hydrogen-bond donors (Lipinski definition) is 4. The fourth-order valence-electron chi connectivity index (χ4n) is 2.43. The molecule has 2 rings (SSSR count). The minimum absolute atomic E-state index is 0.117. The first-order valence-corrected chi connectivity index (χ1v) is 7.90. The quantitative estimate of drug-likeness (QED) is 0.514. The Kier molecular flexibility index (Phi) is 6.12. The first-order valence-electron chi connectivity index (χ1n) is 7.90. The molecule has 0 radical (unpaired) electrons. The van der Waals surface area contributed by atoms with Crippen molar-refractivity contribution in [2.45, 2.75) is 38.1 Å². The third-order valence-corrected chi connectivity index (χ3v) is 3.82. The molecule has 0 aromatic heterocycles. The molecule has 4 N–H and O–H groups in total. The molecule has 0 bridgehead atoms. The molecule has 8 heteroatoms. The second-order valence-electron chi connectivity index (χ2n) is 5.95. The average Bonchev–Trinajstić information content (AvgIpc) is 2.56. The van der Waals surface area contributed by atoms with Crippen LogP contribution in [0.3, 0.4) is 0 Å². The number of halogens is 1. The van der Waals surface area contributed by atoms with Crippen molar-refractivity contribution in [3.05, 3.63) is 41.2 Å². The van der Waals surface area contributed by atoms with Crippen LogP contribution in [0.25, 0.3) is 6.08 Å². The molecule has 0 fully saturated rings. The summed E-state index contributed by atoms with van der Waals surface area (Å²) in [5.74, 6) is -4.21. The highest BCUT2D eigenvalue weighted by Crippen LogP contribution is 2.30. The monoisotopic (exact) mass is 366 g/mol. The van der Waals surface area contributed by atoms with Crippen molar-refractivity contribution in [1.82, 2.24) is 0 Å². The standard InChI is InChI=1S/C18H19FO7/c1-9-5-6-12(19)16(23)17(24)13(21)4-2-3-10-7-11(20)8-14(22)15(10)18(25)26-9/h2-3,6-9,13,17,20-22,24H,4-5H2,1H3/b3-2+,12-6+/t9-,13+,17+/m0/s1. The van der Waals surface area contributed by atoms with Gasteiger partial charge in [-0.05, 0) is 31.1 Å². The van der Waals surface area contributed by atoms with Gasteiger partial charge in [0.15, 0.2) is 5.83 Å². The Morgan fingerprint density at radius 3 is 2.54 bits per heavy atom. The number of hydrogen-bond acceptors (Lipinski definition) is 7. The van der Waals surface area contributed by atoms with Gasteiger partial charge in [0.1, 0.15) is 29.3 Å². The van der Waals surface area contributed by atoms with Crippen LogP contribution in [0.2, 0.25) is 0 Å². The predicted molar refractivity (Wildman–Crippen MR) is 89.1 cm³/mol. The molecule has 0 saturated heterocycles. The summed E-state index contributed by atoms with van der Waals surface area (Å²) in [4.78, 5) is 24.0. The second-order valence-corrected chi connectivity index (χ2v) is 5.95. The third-order valence-electron chi connectivity index (χ3n) is 3.82. The molecule has 1 heterocycles. The number of carbonyl (C=O) groups excluding carboxylic acids is 2. The van der Waals surface area contributed by atoms with Crippen LogP contribution in [0, 0.1) is 0 Å². The molecule has 7 nitrogen and oxygen atoms in total. The van der Waals surface area contributed by atoms with Crippen molar-refractivity contribution in [3.8, 4) is 11.5 Å². The minimum Gasteiger partial charge on any atom is -0.508 e. The number of phenolic OH excluding ortho intramolecular Hbond substituents is 2. The Hall–Kier alpha value is -2.71. The van der Waals surface area contributed by atoms with Crippen LogP contribution in [0.4, 0.5) is 4.39 Å². The zero-order valence-electron chi connectivity index (χ0n) is 13.9. The van der Waals surface area contributed by atoms with Gasteiger partial charge in [0.25, 0.3) is 0 Å². The molecule has 140 valence electrons. The largest absolute Gasteiger partial charge is 0.508 e. The summed E-state index contributed by atoms with van der Waals surface area (Å²) in [5.41, 5.74) is -0.0926. The zero-order chi connectivity index (χ0) is 19.4. The van der Waals surface area contributed by atoms with Crippen LogP contribution >= 0.6 is 0 Å². The number of ether oxygens (including phenoxy) is 1. The Morgan fingerprint density at radius 2 is 1.85 bits per heavy atom. The summed E-state index contributed by atoms with van der Waals surface area (Å²) in [6.07, 6.45) is -1.28. The number of fused-ring (bicyclic) bond motifs is 1. The molecule has 3 atom stereocenters. The molecular formula is C18H19FO7. The lowest BCUT2D eigenvalue weighted by atomic mass is 10.0. The Morgan fingerprint density at radius 1 is 1.15 bits per heavy atom. The molecule has 0 spiro atoms. The van der Waals surface area contributed by atoms with E-state index >= 15 is 0 Å². The van der Waals surface area contributed by atoms with E-state index in [9.17, 15) is 34.4 Å². The topological polar surface area (TPSA) is 124 Å². The number of ketones is 1. The number of rotatable bonds is 0. The van der Waals surface area contributed by atoms with Gasteiger partial charge in [-0.3, -0.25) is 4.79 Å². The summed E-state index contributed by atoms with van der Waals surface area (Å²) in [5, 5.41) is 39.1. The predicted octanol–water partition coefficient (Wildman–Crippen LogP) is 1.59. The van der Waals surface area contributed by atoms with Crippen molar-refractivity contribution in [3.63, 3.8) is 0 Å². The van der Waals surface area contributed by atoms with Gasteiger partial charge >= 0.3 is 5.97 Å². The number of phenols is 2. The van der Waals surface area contributed by atoms with Gasteiger partial charge in [0.05, 0.1) is 6.10 Å². The second kappa shape index (κ2) is 8.11. The van der Waals surface area contributed by atoms with E-state index < -0.39 is 41.6 Å². The van der Waals surface area contributed by atoms with E-state index in [1.165, 1.54) is 25.1 Å². The summed E-state index contributed by atoms with van der Waals surface area (Å²) < 4.78 is 18.9. The molecule has 0 saturated carbocycles. The van der Waals surface area contributed by atoms with Crippen molar-refractivity contribution in [1.29, 1.82) is 0 Å². The highest BCUT2D eigenvalue weighted by molar-refractivity contribution is 5.98. The zero-order valence-corrected chi connectivity index (χ0v) is 13.9. The Labute approximate surface area is 148 Å². The third kappa shape index (κ3) is 4.47. The maximum Gasteiger partial charge on any atom is 0.342 e. The van der Waals surface area contributed by atoms with E-state index in [0.717, 1.165) is 12.1 Å². The van der Waals surface area contributed by atoms with Crippen LogP contribution in [-0.2, 0) is 9.53 Å². The number of aromatic hydroxyl groups is 2. The van der Waals surface area contributed by atoms with Crippen LogP contribution in [-0.4, -0.2) is 50.5 Å². The van der Waals surface area contributed by atoms with Crippen molar-refractivity contribution in [2.24, 2.45) is 0 Å². The van der Waals surface area contributed by atoms with E-state index in [1.807, 2.05) is 0 Å². The summed E-state index contributed by atoms with van der Waals surface area (Å²) in [6.45, 7) is 1.45. The van der Waals surface area contributed by atoms with Crippen LogP contribution in [0.15, 0.2) is 30.1 Å². The molecule has 0 amide bonds. The fraction of sp³-hybridized carbons (Fsp3) is 0.333. The number of carbonyl (C=O) groups is 2. The maximum atomic E-state index is 13.8. The normalized spacial score (nSPS) is 28.3. The summed E-state index contributed by atoms with van der Waals surface area (Å²) in [6, 6.07) is 2.18. The Balaban J connectivity index is 2.46. The number of Topliss-reactive ketones (excluding diaryl/α,β-unsaturated/α-hetero) is 1. The van der Waals surface area contributed by atoms with Gasteiger partial charge in [0, 0.05) is 12.5 Å². The molecule has 26 heavy (non-hydrogen) atoms. The fourth-order valence-corrected chi connectivity index (χ4v) is 2.43. The number of aliphatic hydroxyl groups is 2. The molecule has 1 aromatic rings. The Bertz CT molecular complexity index is 769. The van der Waals surface area contributed by atoms with Crippen LogP contribution in [0.1, 0.15) is 35.7 Å². The van der Waals surface area contributed by atoms with Gasteiger partial charge < -0.3 is 25.2 Å². The SMILES string of the molecule is C[C@H]1C/C=C(/F)C(=O)[C@H](O)[C@H](O)C/C=C/c2cc(O)cc(O)c2C(=O)O1. The number of esters is 1. The number of benzene rings is 1. The van der Waals surface area contributed by atoms with E-state index in [0.29, 0.717) is 0 Å². The van der Waals surface area contributed by atoms with E-state index in [-0.39, 0.29) is 29.7 Å². The summed E-state index contributed by atoms with van der Waals surface area (Å²) in [7, 11) is 0. The highest BCUT2D eigenvalue weighted by atomic mass is 19.1. The van der Waals surface area contributed by atoms with Crippen molar-refractivity contribution >= 4 is 17.8 Å². The van der Waals surface area contributed by atoms with Gasteiger partial charge in [-0.25, -0.2) is 9.18 Å². The summed E-state index contributed by atoms with van der Waals surface area (Å²) >= 11 is 0. The number of aliphatic hydroxyl groups excluding tert-OH is 2. The van der Waals surface area contributed by atoms with Gasteiger partial charge in [-0.15, -0.1) is 0 Å².